The van der Waals surface area contributed by atoms with Gasteiger partial charge in [-0.2, -0.15) is 0 Å². The van der Waals surface area contributed by atoms with Crippen LogP contribution in [0.1, 0.15) is 15.9 Å². The molecule has 4 nitrogen and oxygen atoms in total. The van der Waals surface area contributed by atoms with Crippen molar-refractivity contribution in [1.82, 2.24) is 0 Å². The number of fused-ring (bicyclic) bond motifs is 1. The predicted octanol–water partition coefficient (Wildman–Crippen LogP) is 4.19. The zero-order chi connectivity index (χ0) is 16.9. The molecule has 0 radical (unpaired) electrons. The number of hydrogen-bond acceptors (Lipinski definition) is 2. The molecule has 118 valence electrons. The summed E-state index contributed by atoms with van der Waals surface area (Å²) in [6.45, 7) is 0. The van der Waals surface area contributed by atoms with Gasteiger partial charge in [-0.05, 0) is 34.5 Å². The maximum absolute atomic E-state index is 12.1. The standard InChI is InChI=1S/C20H15NO3/c22-19(21-18-11-4-3-10-17(18)20(23)24)13-12-15-8-5-7-14-6-1-2-9-16(14)15/h1-13H,(H,21,22)(H,23,24). The number of carbonyl (C=O) groups is 2. The summed E-state index contributed by atoms with van der Waals surface area (Å²) in [5.41, 5.74) is 1.26. The molecule has 0 saturated heterocycles. The van der Waals surface area contributed by atoms with E-state index in [0.717, 1.165) is 16.3 Å². The fraction of sp³-hybridized carbons (Fsp3) is 0. The third kappa shape index (κ3) is 3.33. The van der Waals surface area contributed by atoms with Crippen LogP contribution in [0.3, 0.4) is 0 Å². The highest BCUT2D eigenvalue weighted by atomic mass is 16.4. The highest BCUT2D eigenvalue weighted by Gasteiger charge is 2.10. The molecule has 3 rings (SSSR count). The van der Waals surface area contributed by atoms with Crippen LogP contribution >= 0.6 is 0 Å². The summed E-state index contributed by atoms with van der Waals surface area (Å²) >= 11 is 0. The van der Waals surface area contributed by atoms with Gasteiger partial charge < -0.3 is 10.4 Å². The third-order valence-electron chi connectivity index (χ3n) is 3.65. The minimum absolute atomic E-state index is 0.0596. The second-order valence-corrected chi connectivity index (χ2v) is 5.24. The minimum atomic E-state index is -1.08. The van der Waals surface area contributed by atoms with E-state index in [1.807, 2.05) is 42.5 Å². The van der Waals surface area contributed by atoms with E-state index in [2.05, 4.69) is 5.32 Å². The van der Waals surface area contributed by atoms with Crippen molar-refractivity contribution in [2.24, 2.45) is 0 Å². The molecule has 0 heterocycles. The highest BCUT2D eigenvalue weighted by molar-refractivity contribution is 6.06. The second kappa shape index (κ2) is 6.79. The number of carboxylic acids is 1. The van der Waals surface area contributed by atoms with Gasteiger partial charge in [0, 0.05) is 6.08 Å². The van der Waals surface area contributed by atoms with Crippen molar-refractivity contribution in [3.8, 4) is 0 Å². The Morgan fingerprint density at radius 3 is 2.42 bits per heavy atom. The van der Waals surface area contributed by atoms with Crippen LogP contribution in [0.15, 0.2) is 72.8 Å². The molecule has 0 bridgehead atoms. The Kier molecular flexibility index (Phi) is 4.38. The molecule has 3 aromatic rings. The van der Waals surface area contributed by atoms with Gasteiger partial charge in [0.1, 0.15) is 0 Å². The topological polar surface area (TPSA) is 66.4 Å². The van der Waals surface area contributed by atoms with Crippen molar-refractivity contribution >= 4 is 34.4 Å². The van der Waals surface area contributed by atoms with Crippen molar-refractivity contribution < 1.29 is 14.7 Å². The van der Waals surface area contributed by atoms with Crippen molar-refractivity contribution in [3.05, 3.63) is 83.9 Å². The number of aromatic carboxylic acids is 1. The fourth-order valence-electron chi connectivity index (χ4n) is 2.51. The van der Waals surface area contributed by atoms with Crippen LogP contribution in [0, 0.1) is 0 Å². The van der Waals surface area contributed by atoms with Crippen LogP contribution in [0.5, 0.6) is 0 Å². The number of nitrogens with one attached hydrogen (secondary N) is 1. The van der Waals surface area contributed by atoms with Crippen molar-refractivity contribution in [3.63, 3.8) is 0 Å². The molecule has 2 N–H and O–H groups in total. The van der Waals surface area contributed by atoms with Gasteiger partial charge in [0.15, 0.2) is 0 Å². The maximum atomic E-state index is 12.1. The molecule has 0 aromatic heterocycles. The lowest BCUT2D eigenvalue weighted by Gasteiger charge is -2.06. The average molecular weight is 317 g/mol. The summed E-state index contributed by atoms with van der Waals surface area (Å²) in [4.78, 5) is 23.3. The quantitative estimate of drug-likeness (QED) is 0.709. The highest BCUT2D eigenvalue weighted by Crippen LogP contribution is 2.20. The van der Waals surface area contributed by atoms with E-state index in [0.29, 0.717) is 0 Å². The Morgan fingerprint density at radius 1 is 0.875 bits per heavy atom. The minimum Gasteiger partial charge on any atom is -0.478 e. The summed E-state index contributed by atoms with van der Waals surface area (Å²) in [5.74, 6) is -1.46. The van der Waals surface area contributed by atoms with E-state index in [1.165, 1.54) is 12.1 Å². The number of hydrogen-bond donors (Lipinski definition) is 2. The molecular formula is C20H15NO3. The van der Waals surface area contributed by atoms with Crippen LogP contribution in [0.2, 0.25) is 0 Å². The number of benzene rings is 3. The molecular weight excluding hydrogens is 302 g/mol. The Hall–Kier alpha value is -3.40. The first-order valence-electron chi connectivity index (χ1n) is 7.44. The molecule has 4 heteroatoms. The third-order valence-corrected chi connectivity index (χ3v) is 3.65. The van der Waals surface area contributed by atoms with Crippen molar-refractivity contribution in [2.75, 3.05) is 5.32 Å². The Morgan fingerprint density at radius 2 is 1.58 bits per heavy atom. The molecule has 24 heavy (non-hydrogen) atoms. The molecule has 0 aliphatic carbocycles. The predicted molar refractivity (Wildman–Crippen MR) is 95.0 cm³/mol. The number of para-hydroxylation sites is 1. The van der Waals surface area contributed by atoms with Crippen LogP contribution in [-0.4, -0.2) is 17.0 Å². The van der Waals surface area contributed by atoms with Crippen LogP contribution in [0.25, 0.3) is 16.8 Å². The van der Waals surface area contributed by atoms with E-state index in [4.69, 9.17) is 5.11 Å². The summed E-state index contributed by atoms with van der Waals surface area (Å²) in [5, 5.41) is 13.9. The fourth-order valence-corrected chi connectivity index (χ4v) is 2.51. The number of rotatable bonds is 4. The SMILES string of the molecule is O=C(C=Cc1cccc2ccccc12)Nc1ccccc1C(=O)O. The Bertz CT molecular complexity index is 939. The van der Waals surface area contributed by atoms with E-state index >= 15 is 0 Å². The van der Waals surface area contributed by atoms with Gasteiger partial charge in [-0.3, -0.25) is 4.79 Å². The number of amides is 1. The van der Waals surface area contributed by atoms with Gasteiger partial charge >= 0.3 is 5.97 Å². The molecule has 0 atom stereocenters. The largest absolute Gasteiger partial charge is 0.478 e. The lowest BCUT2D eigenvalue weighted by Crippen LogP contribution is -2.11. The van der Waals surface area contributed by atoms with Gasteiger partial charge in [-0.25, -0.2) is 4.79 Å². The van der Waals surface area contributed by atoms with Gasteiger partial charge in [-0.1, -0.05) is 54.6 Å². The number of carboxylic acid groups (broad SMARTS) is 1. The van der Waals surface area contributed by atoms with Gasteiger partial charge in [-0.15, -0.1) is 0 Å². The molecule has 0 unspecified atom stereocenters. The monoisotopic (exact) mass is 317 g/mol. The zero-order valence-electron chi connectivity index (χ0n) is 12.8. The molecule has 1 amide bonds. The number of carbonyl (C=O) groups excluding carboxylic acids is 1. The lowest BCUT2D eigenvalue weighted by atomic mass is 10.0. The Balaban J connectivity index is 1.82. The van der Waals surface area contributed by atoms with Crippen LogP contribution in [-0.2, 0) is 4.79 Å². The average Bonchev–Trinajstić information content (AvgIpc) is 2.60. The number of anilines is 1. The smallest absolute Gasteiger partial charge is 0.337 e. The van der Waals surface area contributed by atoms with E-state index < -0.39 is 5.97 Å². The van der Waals surface area contributed by atoms with Gasteiger partial charge in [0.05, 0.1) is 11.3 Å². The molecule has 0 saturated carbocycles. The Labute approximate surface area is 139 Å². The van der Waals surface area contributed by atoms with E-state index in [9.17, 15) is 9.59 Å². The summed E-state index contributed by atoms with van der Waals surface area (Å²) in [7, 11) is 0. The zero-order valence-corrected chi connectivity index (χ0v) is 12.8. The summed E-state index contributed by atoms with van der Waals surface area (Å²) in [6, 6.07) is 20.1. The molecule has 0 aliphatic heterocycles. The second-order valence-electron chi connectivity index (χ2n) is 5.24. The molecule has 0 aliphatic rings. The van der Waals surface area contributed by atoms with Crippen molar-refractivity contribution in [1.29, 1.82) is 0 Å². The normalized spacial score (nSPS) is 10.8. The van der Waals surface area contributed by atoms with Crippen molar-refractivity contribution in [2.45, 2.75) is 0 Å². The van der Waals surface area contributed by atoms with Gasteiger partial charge in [0.25, 0.3) is 0 Å². The van der Waals surface area contributed by atoms with E-state index in [-0.39, 0.29) is 17.2 Å². The maximum Gasteiger partial charge on any atom is 0.337 e. The lowest BCUT2D eigenvalue weighted by molar-refractivity contribution is -0.111. The van der Waals surface area contributed by atoms with E-state index in [1.54, 1.807) is 24.3 Å². The first-order chi connectivity index (χ1) is 11.6. The molecule has 0 spiro atoms. The summed E-state index contributed by atoms with van der Waals surface area (Å²) in [6.07, 6.45) is 3.13. The van der Waals surface area contributed by atoms with Crippen LogP contribution < -0.4 is 5.32 Å². The van der Waals surface area contributed by atoms with Crippen LogP contribution in [0.4, 0.5) is 5.69 Å². The summed E-state index contributed by atoms with van der Waals surface area (Å²) < 4.78 is 0. The molecule has 3 aromatic carbocycles. The first-order valence-corrected chi connectivity index (χ1v) is 7.44. The van der Waals surface area contributed by atoms with Gasteiger partial charge in [0.2, 0.25) is 5.91 Å². The first kappa shape index (κ1) is 15.5. The molecule has 0 fully saturated rings.